The van der Waals surface area contributed by atoms with Crippen molar-refractivity contribution in [3.8, 4) is 0 Å². The van der Waals surface area contributed by atoms with Gasteiger partial charge in [0.2, 0.25) is 0 Å². The maximum atomic E-state index is 12.3. The fourth-order valence-corrected chi connectivity index (χ4v) is 2.42. The zero-order chi connectivity index (χ0) is 15.9. The molecular formula is C15H12Cl2N4O. The van der Waals surface area contributed by atoms with Crippen molar-refractivity contribution in [1.82, 2.24) is 14.6 Å². The van der Waals surface area contributed by atoms with Crippen LogP contribution >= 0.6 is 23.2 Å². The molecular weight excluding hydrogens is 323 g/mol. The molecule has 1 aromatic carbocycles. The van der Waals surface area contributed by atoms with Gasteiger partial charge >= 0.3 is 0 Å². The molecule has 0 bridgehead atoms. The quantitative estimate of drug-likeness (QED) is 0.772. The summed E-state index contributed by atoms with van der Waals surface area (Å²) < 4.78 is 1.70. The Morgan fingerprint density at radius 3 is 2.64 bits per heavy atom. The Hall–Kier alpha value is -2.11. The molecule has 0 saturated heterocycles. The van der Waals surface area contributed by atoms with Crippen LogP contribution in [0.25, 0.3) is 5.65 Å². The molecule has 0 aliphatic rings. The number of anilines is 1. The number of carbonyl (C=O) groups excluding carboxylic acids is 1. The average molecular weight is 335 g/mol. The summed E-state index contributed by atoms with van der Waals surface area (Å²) in [5.74, 6) is -0.317. The van der Waals surface area contributed by atoms with Crippen LogP contribution < -0.4 is 5.32 Å². The standard InChI is InChI=1S/C15H12Cl2N4O/c1-8-5-14-19-13(6-9(2)21(14)20-8)15(22)18-10-3-4-11(16)12(17)7-10/h3-7H,1-2H3,(H,18,22). The van der Waals surface area contributed by atoms with Gasteiger partial charge in [-0.15, -0.1) is 0 Å². The highest BCUT2D eigenvalue weighted by Crippen LogP contribution is 2.25. The molecule has 2 aromatic heterocycles. The molecule has 2 heterocycles. The maximum absolute atomic E-state index is 12.3. The molecule has 5 nitrogen and oxygen atoms in total. The van der Waals surface area contributed by atoms with E-state index in [-0.39, 0.29) is 5.91 Å². The second-order valence-corrected chi connectivity index (χ2v) is 5.74. The summed E-state index contributed by atoms with van der Waals surface area (Å²) in [4.78, 5) is 16.7. The Bertz CT molecular complexity index is 889. The molecule has 7 heteroatoms. The zero-order valence-electron chi connectivity index (χ0n) is 11.9. The van der Waals surface area contributed by atoms with Crippen LogP contribution in [-0.4, -0.2) is 20.5 Å². The third kappa shape index (κ3) is 2.77. The van der Waals surface area contributed by atoms with E-state index in [4.69, 9.17) is 23.2 Å². The minimum Gasteiger partial charge on any atom is -0.321 e. The van der Waals surface area contributed by atoms with Crippen LogP contribution in [0.3, 0.4) is 0 Å². The normalized spacial score (nSPS) is 10.9. The monoisotopic (exact) mass is 334 g/mol. The van der Waals surface area contributed by atoms with E-state index in [1.807, 2.05) is 19.9 Å². The fourth-order valence-electron chi connectivity index (χ4n) is 2.13. The molecule has 1 N–H and O–H groups in total. The molecule has 1 amide bonds. The molecule has 22 heavy (non-hydrogen) atoms. The Kier molecular flexibility index (Phi) is 3.76. The minimum absolute atomic E-state index is 0.316. The second-order valence-electron chi connectivity index (χ2n) is 4.92. The van der Waals surface area contributed by atoms with Crippen molar-refractivity contribution in [1.29, 1.82) is 0 Å². The molecule has 0 unspecified atom stereocenters. The lowest BCUT2D eigenvalue weighted by Gasteiger charge is -2.07. The molecule has 0 atom stereocenters. The van der Waals surface area contributed by atoms with Crippen LogP contribution in [0.15, 0.2) is 30.3 Å². The summed E-state index contributed by atoms with van der Waals surface area (Å²) in [6, 6.07) is 8.41. The van der Waals surface area contributed by atoms with Gasteiger partial charge in [0.1, 0.15) is 5.69 Å². The summed E-state index contributed by atoms with van der Waals surface area (Å²) >= 11 is 11.8. The van der Waals surface area contributed by atoms with Gasteiger partial charge in [-0.2, -0.15) is 5.10 Å². The number of fused-ring (bicyclic) bond motifs is 1. The Morgan fingerprint density at radius 2 is 1.91 bits per heavy atom. The Balaban J connectivity index is 1.93. The largest absolute Gasteiger partial charge is 0.321 e. The lowest BCUT2D eigenvalue weighted by molar-refractivity contribution is 0.102. The van der Waals surface area contributed by atoms with Crippen LogP contribution in [0.2, 0.25) is 10.0 Å². The molecule has 0 aliphatic carbocycles. The number of aryl methyl sites for hydroxylation is 2. The number of rotatable bonds is 2. The van der Waals surface area contributed by atoms with Gasteiger partial charge < -0.3 is 5.32 Å². The van der Waals surface area contributed by atoms with E-state index in [1.165, 1.54) is 0 Å². The van der Waals surface area contributed by atoms with Gasteiger partial charge in [0.05, 0.1) is 15.7 Å². The van der Waals surface area contributed by atoms with E-state index in [9.17, 15) is 4.79 Å². The number of amides is 1. The average Bonchev–Trinajstić information content (AvgIpc) is 2.84. The third-order valence-electron chi connectivity index (χ3n) is 3.14. The molecule has 0 saturated carbocycles. The first-order chi connectivity index (χ1) is 10.4. The van der Waals surface area contributed by atoms with Gasteiger partial charge in [0, 0.05) is 17.4 Å². The summed E-state index contributed by atoms with van der Waals surface area (Å²) in [6.45, 7) is 3.75. The number of hydrogen-bond acceptors (Lipinski definition) is 3. The van der Waals surface area contributed by atoms with Crippen LogP contribution in [0.1, 0.15) is 21.9 Å². The summed E-state index contributed by atoms with van der Waals surface area (Å²) in [5.41, 5.74) is 3.19. The van der Waals surface area contributed by atoms with Crippen molar-refractivity contribution in [2.45, 2.75) is 13.8 Å². The topological polar surface area (TPSA) is 59.3 Å². The lowest BCUT2D eigenvalue weighted by atomic mass is 10.2. The highest BCUT2D eigenvalue weighted by molar-refractivity contribution is 6.42. The van der Waals surface area contributed by atoms with Crippen molar-refractivity contribution < 1.29 is 4.79 Å². The number of nitrogens with one attached hydrogen (secondary N) is 1. The van der Waals surface area contributed by atoms with Gasteiger partial charge in [0.15, 0.2) is 5.65 Å². The van der Waals surface area contributed by atoms with Crippen molar-refractivity contribution >= 4 is 40.4 Å². The minimum atomic E-state index is -0.317. The number of benzene rings is 1. The molecule has 0 aliphatic heterocycles. The Morgan fingerprint density at radius 1 is 1.14 bits per heavy atom. The van der Waals surface area contributed by atoms with E-state index < -0.39 is 0 Å². The van der Waals surface area contributed by atoms with E-state index in [2.05, 4.69) is 15.4 Å². The summed E-state index contributed by atoms with van der Waals surface area (Å²) in [6.07, 6.45) is 0. The first-order valence-electron chi connectivity index (χ1n) is 6.54. The maximum Gasteiger partial charge on any atom is 0.274 e. The molecule has 3 aromatic rings. The highest BCUT2D eigenvalue weighted by atomic mass is 35.5. The molecule has 3 rings (SSSR count). The third-order valence-corrected chi connectivity index (χ3v) is 3.88. The van der Waals surface area contributed by atoms with Gasteiger partial charge in [-0.25, -0.2) is 9.50 Å². The van der Waals surface area contributed by atoms with E-state index in [1.54, 1.807) is 28.8 Å². The van der Waals surface area contributed by atoms with E-state index in [0.717, 1.165) is 11.4 Å². The van der Waals surface area contributed by atoms with Crippen LogP contribution in [-0.2, 0) is 0 Å². The van der Waals surface area contributed by atoms with Crippen molar-refractivity contribution in [2.75, 3.05) is 5.32 Å². The van der Waals surface area contributed by atoms with Gasteiger partial charge in [-0.3, -0.25) is 4.79 Å². The van der Waals surface area contributed by atoms with Crippen LogP contribution in [0.5, 0.6) is 0 Å². The number of hydrogen-bond donors (Lipinski definition) is 1. The molecule has 0 spiro atoms. The van der Waals surface area contributed by atoms with Gasteiger partial charge in [-0.05, 0) is 38.1 Å². The predicted octanol–water partition coefficient (Wildman–Crippen LogP) is 3.91. The molecule has 112 valence electrons. The van der Waals surface area contributed by atoms with Crippen LogP contribution in [0.4, 0.5) is 5.69 Å². The zero-order valence-corrected chi connectivity index (χ0v) is 13.4. The number of carbonyl (C=O) groups is 1. The Labute approximate surface area is 136 Å². The summed E-state index contributed by atoms with van der Waals surface area (Å²) in [5, 5.41) is 7.87. The SMILES string of the molecule is Cc1cc2nc(C(=O)Nc3ccc(Cl)c(Cl)c3)cc(C)n2n1. The van der Waals surface area contributed by atoms with E-state index in [0.29, 0.717) is 27.1 Å². The lowest BCUT2D eigenvalue weighted by Crippen LogP contribution is -2.15. The van der Waals surface area contributed by atoms with Crippen LogP contribution in [0, 0.1) is 13.8 Å². The fraction of sp³-hybridized carbons (Fsp3) is 0.133. The van der Waals surface area contributed by atoms with Crippen molar-refractivity contribution in [3.05, 3.63) is 57.5 Å². The molecule has 0 radical (unpaired) electrons. The number of nitrogens with zero attached hydrogens (tertiary/aromatic N) is 3. The summed E-state index contributed by atoms with van der Waals surface area (Å²) in [7, 11) is 0. The smallest absolute Gasteiger partial charge is 0.274 e. The molecule has 0 fully saturated rings. The predicted molar refractivity (Wildman–Crippen MR) is 86.9 cm³/mol. The first-order valence-corrected chi connectivity index (χ1v) is 7.30. The van der Waals surface area contributed by atoms with Crippen molar-refractivity contribution in [2.24, 2.45) is 0 Å². The van der Waals surface area contributed by atoms with Gasteiger partial charge in [-0.1, -0.05) is 23.2 Å². The van der Waals surface area contributed by atoms with E-state index >= 15 is 0 Å². The number of halogens is 2. The van der Waals surface area contributed by atoms with Crippen molar-refractivity contribution in [3.63, 3.8) is 0 Å². The highest BCUT2D eigenvalue weighted by Gasteiger charge is 2.12. The first kappa shape index (κ1) is 14.8. The second kappa shape index (κ2) is 5.59. The number of aromatic nitrogens is 3. The van der Waals surface area contributed by atoms with Gasteiger partial charge in [0.25, 0.3) is 5.91 Å².